The summed E-state index contributed by atoms with van der Waals surface area (Å²) in [5.74, 6) is 1.31. The van der Waals surface area contributed by atoms with Crippen molar-refractivity contribution in [2.45, 2.75) is 6.04 Å². The molecule has 0 fully saturated rings. The number of methoxy groups -OCH3 is 1. The lowest BCUT2D eigenvalue weighted by atomic mass is 10.3. The van der Waals surface area contributed by atoms with Crippen molar-refractivity contribution in [3.8, 4) is 0 Å². The van der Waals surface area contributed by atoms with Crippen molar-refractivity contribution < 1.29 is 9.84 Å². The van der Waals surface area contributed by atoms with Crippen LogP contribution in [0.2, 0.25) is 0 Å². The zero-order valence-electron chi connectivity index (χ0n) is 9.20. The number of aliphatic hydroxyl groups is 1. The summed E-state index contributed by atoms with van der Waals surface area (Å²) in [4.78, 5) is 8.11. The van der Waals surface area contributed by atoms with Gasteiger partial charge in [-0.1, -0.05) is 0 Å². The number of ether oxygens (including phenoxy) is 1. The topological polar surface area (TPSA) is 79.3 Å². The van der Waals surface area contributed by atoms with Crippen molar-refractivity contribution in [2.24, 2.45) is 0 Å². The Morgan fingerprint density at radius 3 is 2.75 bits per heavy atom. The van der Waals surface area contributed by atoms with Crippen molar-refractivity contribution in [3.63, 3.8) is 0 Å². The lowest BCUT2D eigenvalue weighted by Gasteiger charge is -2.17. The normalized spacial score (nSPS) is 12.2. The molecule has 6 nitrogen and oxygen atoms in total. The third-order valence-electron chi connectivity index (χ3n) is 1.96. The largest absolute Gasteiger partial charge is 0.394 e. The fourth-order valence-corrected chi connectivity index (χ4v) is 1.70. The number of hydrogen-bond donors (Lipinski definition) is 3. The molecule has 16 heavy (non-hydrogen) atoms. The quantitative estimate of drug-likeness (QED) is 0.716. The third kappa shape index (κ3) is 3.29. The van der Waals surface area contributed by atoms with Crippen LogP contribution in [0.25, 0.3) is 0 Å². The van der Waals surface area contributed by atoms with Crippen LogP contribution in [0.1, 0.15) is 0 Å². The summed E-state index contributed by atoms with van der Waals surface area (Å²) in [5.41, 5.74) is 0. The lowest BCUT2D eigenvalue weighted by molar-refractivity contribution is 0.153. The van der Waals surface area contributed by atoms with Crippen molar-refractivity contribution in [1.82, 2.24) is 9.97 Å². The van der Waals surface area contributed by atoms with Gasteiger partial charge < -0.3 is 20.5 Å². The molecule has 0 spiro atoms. The molecule has 3 N–H and O–H groups in total. The highest BCUT2D eigenvalue weighted by Gasteiger charge is 2.12. The molecule has 0 aliphatic carbocycles. The Morgan fingerprint density at radius 2 is 2.19 bits per heavy atom. The summed E-state index contributed by atoms with van der Waals surface area (Å²) in [6.07, 6.45) is 1.44. The van der Waals surface area contributed by atoms with E-state index in [0.29, 0.717) is 18.2 Å². The van der Waals surface area contributed by atoms with Crippen LogP contribution < -0.4 is 10.6 Å². The molecule has 0 amide bonds. The van der Waals surface area contributed by atoms with Gasteiger partial charge in [0, 0.05) is 14.2 Å². The fourth-order valence-electron chi connectivity index (χ4n) is 1.18. The zero-order valence-corrected chi connectivity index (χ0v) is 10.8. The average Bonchev–Trinajstić information content (AvgIpc) is 2.31. The molecule has 1 atom stereocenters. The number of nitrogens with zero attached hydrogens (tertiary/aromatic N) is 2. The molecule has 1 heterocycles. The Balaban J connectivity index is 2.79. The van der Waals surface area contributed by atoms with E-state index in [9.17, 15) is 0 Å². The van der Waals surface area contributed by atoms with Crippen molar-refractivity contribution in [1.29, 1.82) is 0 Å². The minimum Gasteiger partial charge on any atom is -0.394 e. The first-order chi connectivity index (χ1) is 7.72. The summed E-state index contributed by atoms with van der Waals surface area (Å²) < 4.78 is 5.70. The van der Waals surface area contributed by atoms with E-state index in [-0.39, 0.29) is 12.6 Å². The minimum absolute atomic E-state index is 0.0286. The Morgan fingerprint density at radius 1 is 1.50 bits per heavy atom. The van der Waals surface area contributed by atoms with Gasteiger partial charge in [0.1, 0.15) is 22.4 Å². The first-order valence-corrected chi connectivity index (χ1v) is 5.56. The molecule has 0 aliphatic rings. The molecule has 0 saturated heterocycles. The second-order valence-corrected chi connectivity index (χ2v) is 3.91. The molecule has 1 aromatic rings. The van der Waals surface area contributed by atoms with E-state index in [4.69, 9.17) is 9.84 Å². The van der Waals surface area contributed by atoms with Crippen LogP contribution in [0, 0.1) is 0 Å². The molecule has 7 heteroatoms. The molecule has 0 aliphatic heterocycles. The van der Waals surface area contributed by atoms with Gasteiger partial charge in [0.05, 0.1) is 19.3 Å². The highest BCUT2D eigenvalue weighted by Crippen LogP contribution is 2.26. The van der Waals surface area contributed by atoms with Crippen LogP contribution >= 0.6 is 15.9 Å². The van der Waals surface area contributed by atoms with E-state index >= 15 is 0 Å². The van der Waals surface area contributed by atoms with E-state index in [1.165, 1.54) is 6.33 Å². The Bertz CT molecular complexity index is 337. The van der Waals surface area contributed by atoms with Crippen LogP contribution in [0.15, 0.2) is 10.8 Å². The number of rotatable bonds is 6. The summed E-state index contributed by atoms with van der Waals surface area (Å²) in [6.45, 7) is 0.376. The smallest absolute Gasteiger partial charge is 0.146 e. The van der Waals surface area contributed by atoms with E-state index in [1.807, 2.05) is 0 Å². The van der Waals surface area contributed by atoms with Crippen LogP contribution in [-0.2, 0) is 4.74 Å². The van der Waals surface area contributed by atoms with Gasteiger partial charge in [-0.25, -0.2) is 9.97 Å². The molecule has 90 valence electrons. The molecular formula is C9H15BrN4O2. The molecule has 0 saturated carbocycles. The molecular weight excluding hydrogens is 276 g/mol. The van der Waals surface area contributed by atoms with Gasteiger partial charge in [0.25, 0.3) is 0 Å². The van der Waals surface area contributed by atoms with Gasteiger partial charge in [0.15, 0.2) is 0 Å². The van der Waals surface area contributed by atoms with E-state index in [1.54, 1.807) is 14.2 Å². The molecule has 1 aromatic heterocycles. The maximum Gasteiger partial charge on any atom is 0.146 e. The SMILES string of the molecule is CNc1ncnc(NC(CO)COC)c1Br. The average molecular weight is 291 g/mol. The maximum atomic E-state index is 9.12. The monoisotopic (exact) mass is 290 g/mol. The summed E-state index contributed by atoms with van der Waals surface area (Å²) in [7, 11) is 3.36. The number of halogens is 1. The molecule has 0 bridgehead atoms. The molecule has 1 unspecified atom stereocenters. The van der Waals surface area contributed by atoms with Crippen LogP contribution in [0.3, 0.4) is 0 Å². The zero-order chi connectivity index (χ0) is 12.0. The van der Waals surface area contributed by atoms with Crippen molar-refractivity contribution in [3.05, 3.63) is 10.8 Å². The molecule has 1 rings (SSSR count). The molecule has 0 radical (unpaired) electrons. The number of hydrogen-bond acceptors (Lipinski definition) is 6. The van der Waals surface area contributed by atoms with Gasteiger partial charge in [-0.2, -0.15) is 0 Å². The number of aromatic nitrogens is 2. The summed E-state index contributed by atoms with van der Waals surface area (Å²) in [6, 6.07) is -0.194. The van der Waals surface area contributed by atoms with Gasteiger partial charge in [-0.3, -0.25) is 0 Å². The van der Waals surface area contributed by atoms with Gasteiger partial charge >= 0.3 is 0 Å². The van der Waals surface area contributed by atoms with E-state index < -0.39 is 0 Å². The predicted molar refractivity (Wildman–Crippen MR) is 65.7 cm³/mol. The van der Waals surface area contributed by atoms with Crippen LogP contribution in [0.5, 0.6) is 0 Å². The van der Waals surface area contributed by atoms with Crippen molar-refractivity contribution in [2.75, 3.05) is 38.0 Å². The highest BCUT2D eigenvalue weighted by atomic mass is 79.9. The Kier molecular flexibility index (Phi) is 5.44. The predicted octanol–water partition coefficient (Wildman–Crippen LogP) is 0.700. The molecule has 0 aromatic carbocycles. The second-order valence-electron chi connectivity index (χ2n) is 3.11. The summed E-state index contributed by atoms with van der Waals surface area (Å²) >= 11 is 3.38. The van der Waals surface area contributed by atoms with E-state index in [2.05, 4.69) is 36.5 Å². The second kappa shape index (κ2) is 6.62. The number of nitrogens with one attached hydrogen (secondary N) is 2. The van der Waals surface area contributed by atoms with Crippen LogP contribution in [-0.4, -0.2) is 48.5 Å². The minimum atomic E-state index is -0.194. The third-order valence-corrected chi connectivity index (χ3v) is 2.71. The Labute approximate surface area is 103 Å². The highest BCUT2D eigenvalue weighted by molar-refractivity contribution is 9.10. The fraction of sp³-hybridized carbons (Fsp3) is 0.556. The van der Waals surface area contributed by atoms with Gasteiger partial charge in [-0.15, -0.1) is 0 Å². The number of anilines is 2. The van der Waals surface area contributed by atoms with Gasteiger partial charge in [-0.05, 0) is 15.9 Å². The first-order valence-electron chi connectivity index (χ1n) is 4.77. The van der Waals surface area contributed by atoms with E-state index in [0.717, 1.165) is 4.47 Å². The first kappa shape index (κ1) is 13.1. The van der Waals surface area contributed by atoms with Crippen LogP contribution in [0.4, 0.5) is 11.6 Å². The maximum absolute atomic E-state index is 9.12. The van der Waals surface area contributed by atoms with Crippen molar-refractivity contribution >= 4 is 27.6 Å². The summed E-state index contributed by atoms with van der Waals surface area (Å²) in [5, 5.41) is 15.1. The number of aliphatic hydroxyl groups excluding tert-OH is 1. The van der Waals surface area contributed by atoms with Gasteiger partial charge in [0.2, 0.25) is 0 Å². The standard InChI is InChI=1S/C9H15BrN4O2/c1-11-8-7(10)9(13-5-12-8)14-6(3-15)4-16-2/h5-6,15H,3-4H2,1-2H3,(H2,11,12,13,14). The Hall–Kier alpha value is -0.920. The lowest BCUT2D eigenvalue weighted by Crippen LogP contribution is -2.29.